The summed E-state index contributed by atoms with van der Waals surface area (Å²) in [6, 6.07) is 21.2. The zero-order chi connectivity index (χ0) is 47.5. The fourth-order valence-electron chi connectivity index (χ4n) is 9.46. The van der Waals surface area contributed by atoms with Gasteiger partial charge in [0, 0.05) is 121 Å². The number of aromatic nitrogens is 2. The lowest BCUT2D eigenvalue weighted by molar-refractivity contribution is -0.385. The number of carbonyl (C=O) groups excluding carboxylic acids is 1. The molecule has 18 heteroatoms. The summed E-state index contributed by atoms with van der Waals surface area (Å²) in [6.45, 7) is 12.3. The standard InChI is InChI=1S/C49H59ClN7O7PS2/c1-49(2)17-15-37(44(30-49)34-5-9-38(50)10-6-34)32-54-19-21-55(22-20-54)39-12-14-43(46(28-39)66-41-27-36-16-18-51-47(36)52-31-41)48(58)53-67(62,63)42-13-8-35(45(29-42)57(59)60)7-11-40(33-64-3)56-23-25-65(4,61)26-24-56/h5-6,8-10,12-14,16,18,27-29,31,40H,7,11,15,17,19-26,30,32-33H2,1-4H3,(H,51,52)(H,53,58). The Bertz CT molecular complexity index is 2820. The molecule has 2 fully saturated rings. The van der Waals surface area contributed by atoms with E-state index in [4.69, 9.17) is 16.3 Å². The number of aromatic amines is 1. The van der Waals surface area contributed by atoms with Crippen molar-refractivity contribution < 1.29 is 27.4 Å². The predicted octanol–water partition coefficient (Wildman–Crippen LogP) is 9.44. The molecule has 1 aliphatic carbocycles. The minimum Gasteiger partial charge on any atom is -0.383 e. The zero-order valence-corrected chi connectivity index (χ0v) is 41.8. The van der Waals surface area contributed by atoms with Crippen LogP contribution >= 0.6 is 30.5 Å². The summed E-state index contributed by atoms with van der Waals surface area (Å²) in [4.78, 5) is 41.5. The minimum atomic E-state index is -4.55. The smallest absolute Gasteiger partial charge is 0.273 e. The molecule has 1 unspecified atom stereocenters. The minimum absolute atomic E-state index is 0.0525. The van der Waals surface area contributed by atoms with Crippen molar-refractivity contribution in [2.75, 3.05) is 83.4 Å². The monoisotopic (exact) mass is 987 g/mol. The lowest BCUT2D eigenvalue weighted by atomic mass is 9.72. The highest BCUT2D eigenvalue weighted by Gasteiger charge is 2.32. The van der Waals surface area contributed by atoms with Crippen molar-refractivity contribution in [1.82, 2.24) is 24.5 Å². The summed E-state index contributed by atoms with van der Waals surface area (Å²) >= 11 is 7.57. The van der Waals surface area contributed by atoms with Crippen molar-refractivity contribution in [1.29, 1.82) is 0 Å². The average molecular weight is 989 g/mol. The van der Waals surface area contributed by atoms with Crippen LogP contribution < -0.4 is 9.62 Å². The molecule has 0 spiro atoms. The SMILES string of the molecule is COCC(CCc1ccc(S(=O)(=O)NC(=O)c2ccc(N3CCN(CC4=C(c5ccc(Cl)cc5)CC(C)(C)CC4)CC3)cc2Sc2cnc3[nH]ccc3c2)cc1[N+](=O)[O-])N1CCP(C)(=O)CC1. The maximum absolute atomic E-state index is 14.1. The Labute approximate surface area is 402 Å². The van der Waals surface area contributed by atoms with Gasteiger partial charge in [0.15, 0.2) is 0 Å². The van der Waals surface area contributed by atoms with E-state index in [9.17, 15) is 27.9 Å². The number of methoxy groups -OCH3 is 1. The van der Waals surface area contributed by atoms with Crippen molar-refractivity contribution in [3.63, 3.8) is 0 Å². The van der Waals surface area contributed by atoms with E-state index < -0.39 is 32.9 Å². The number of fused-ring (bicyclic) bond motifs is 1. The van der Waals surface area contributed by atoms with Gasteiger partial charge < -0.3 is 19.2 Å². The topological polar surface area (TPSA) is 171 Å². The first-order chi connectivity index (χ1) is 32.0. The maximum Gasteiger partial charge on any atom is 0.273 e. The van der Waals surface area contributed by atoms with Crippen molar-refractivity contribution >= 4 is 74.4 Å². The van der Waals surface area contributed by atoms with Gasteiger partial charge in [0.25, 0.3) is 21.6 Å². The summed E-state index contributed by atoms with van der Waals surface area (Å²) < 4.78 is 48.1. The summed E-state index contributed by atoms with van der Waals surface area (Å²) in [5.41, 5.74) is 6.15. The van der Waals surface area contributed by atoms with E-state index in [0.717, 1.165) is 84.7 Å². The second kappa shape index (κ2) is 20.6. The molecule has 5 aromatic rings. The molecule has 3 aromatic carbocycles. The van der Waals surface area contributed by atoms with Gasteiger partial charge in [0.2, 0.25) is 0 Å². The number of piperazine rings is 1. The number of pyridine rings is 1. The highest BCUT2D eigenvalue weighted by atomic mass is 35.5. The number of nitrogens with one attached hydrogen (secondary N) is 2. The van der Waals surface area contributed by atoms with Crippen LogP contribution in [0.4, 0.5) is 11.4 Å². The van der Waals surface area contributed by atoms with Gasteiger partial charge in [0.1, 0.15) is 5.65 Å². The number of anilines is 1. The van der Waals surface area contributed by atoms with Gasteiger partial charge in [-0.05, 0) is 104 Å². The third kappa shape index (κ3) is 12.0. The fourth-order valence-corrected chi connectivity index (χ4v) is 13.2. The van der Waals surface area contributed by atoms with E-state index in [1.54, 1.807) is 25.6 Å². The van der Waals surface area contributed by atoms with E-state index in [2.05, 4.69) is 55.4 Å². The highest BCUT2D eigenvalue weighted by Crippen LogP contribution is 2.45. The Morgan fingerprint density at radius 2 is 1.78 bits per heavy atom. The molecule has 14 nitrogen and oxygen atoms in total. The molecule has 4 heterocycles. The number of amides is 1. The van der Waals surface area contributed by atoms with Crippen LogP contribution in [-0.4, -0.2) is 124 Å². The molecule has 0 saturated carbocycles. The van der Waals surface area contributed by atoms with Crippen LogP contribution in [0.15, 0.2) is 105 Å². The molecule has 356 valence electrons. The van der Waals surface area contributed by atoms with Crippen molar-refractivity contribution in [3.05, 3.63) is 123 Å². The molecule has 1 amide bonds. The third-order valence-electron chi connectivity index (χ3n) is 13.5. The first-order valence-corrected chi connectivity index (χ1v) is 28.0. The summed E-state index contributed by atoms with van der Waals surface area (Å²) in [7, 11) is -5.10. The number of halogens is 1. The predicted molar refractivity (Wildman–Crippen MR) is 268 cm³/mol. The fraction of sp³-hybridized carbons (Fsp3) is 0.429. The van der Waals surface area contributed by atoms with Crippen LogP contribution in [0.5, 0.6) is 0 Å². The van der Waals surface area contributed by atoms with Gasteiger partial charge in [-0.3, -0.25) is 24.7 Å². The molecular formula is C49H59ClN7O7PS2. The quantitative estimate of drug-likeness (QED) is 0.0546. The maximum atomic E-state index is 14.1. The number of nitro benzene ring substituents is 1. The molecule has 2 saturated heterocycles. The molecule has 0 bridgehead atoms. The summed E-state index contributed by atoms with van der Waals surface area (Å²) in [5.74, 6) is -0.859. The number of H-pyrrole nitrogens is 1. The second-order valence-corrected chi connectivity index (χ2v) is 25.7. The molecule has 67 heavy (non-hydrogen) atoms. The Morgan fingerprint density at radius 3 is 2.49 bits per heavy atom. The third-order valence-corrected chi connectivity index (χ3v) is 18.4. The molecule has 3 aliphatic rings. The highest BCUT2D eigenvalue weighted by molar-refractivity contribution is 7.99. The number of rotatable bonds is 16. The Kier molecular flexibility index (Phi) is 15.0. The van der Waals surface area contributed by atoms with Crippen LogP contribution in [0.2, 0.25) is 5.02 Å². The van der Waals surface area contributed by atoms with E-state index in [-0.39, 0.29) is 22.7 Å². The van der Waals surface area contributed by atoms with Gasteiger partial charge in [-0.25, -0.2) is 18.1 Å². The van der Waals surface area contributed by atoms with Gasteiger partial charge in [-0.15, -0.1) is 0 Å². The molecule has 2 aromatic heterocycles. The number of sulfonamides is 1. The first kappa shape index (κ1) is 48.9. The van der Waals surface area contributed by atoms with Crippen molar-refractivity contribution in [3.8, 4) is 0 Å². The van der Waals surface area contributed by atoms with Crippen molar-refractivity contribution in [2.45, 2.75) is 66.7 Å². The molecule has 8 rings (SSSR count). The zero-order valence-electron chi connectivity index (χ0n) is 38.5. The van der Waals surface area contributed by atoms with Gasteiger partial charge >= 0.3 is 0 Å². The number of hydrogen-bond acceptors (Lipinski definition) is 12. The first-order valence-electron chi connectivity index (χ1n) is 22.8. The number of aryl methyl sites for hydroxylation is 1. The van der Waals surface area contributed by atoms with Crippen LogP contribution in [0.1, 0.15) is 61.0 Å². The van der Waals surface area contributed by atoms with E-state index >= 15 is 0 Å². The number of carbonyl (C=O) groups is 1. The Balaban J connectivity index is 0.990. The lowest BCUT2D eigenvalue weighted by Gasteiger charge is -2.39. The van der Waals surface area contributed by atoms with Gasteiger partial charge in [0.05, 0.1) is 29.1 Å². The van der Waals surface area contributed by atoms with Gasteiger partial charge in [-0.2, -0.15) is 0 Å². The van der Waals surface area contributed by atoms with E-state index in [1.165, 1.54) is 40.6 Å². The number of benzene rings is 3. The Hall–Kier alpha value is -4.54. The molecule has 1 atom stereocenters. The van der Waals surface area contributed by atoms with Crippen molar-refractivity contribution in [2.24, 2.45) is 5.41 Å². The summed E-state index contributed by atoms with van der Waals surface area (Å²) in [6.07, 6.45) is 8.76. The van der Waals surface area contributed by atoms with Gasteiger partial charge in [-0.1, -0.05) is 61.0 Å². The van der Waals surface area contributed by atoms with Crippen LogP contribution in [-0.2, 0) is 25.7 Å². The molecule has 2 aliphatic heterocycles. The van der Waals surface area contributed by atoms with E-state index in [1.807, 2.05) is 43.1 Å². The van der Waals surface area contributed by atoms with E-state index in [0.29, 0.717) is 55.3 Å². The Morgan fingerprint density at radius 1 is 1.03 bits per heavy atom. The summed E-state index contributed by atoms with van der Waals surface area (Å²) in [5, 5.41) is 14.0. The molecule has 0 radical (unpaired) electrons. The number of hydrogen-bond donors (Lipinski definition) is 2. The number of nitro groups is 1. The molecule has 2 N–H and O–H groups in total. The lowest BCUT2D eigenvalue weighted by Crippen LogP contribution is -2.47. The van der Waals surface area contributed by atoms with Crippen LogP contribution in [0.25, 0.3) is 16.6 Å². The number of allylic oxidation sites excluding steroid dienone is 1. The number of nitrogens with zero attached hydrogens (tertiary/aromatic N) is 5. The number of ether oxygens (including phenoxy) is 1. The normalized spacial score (nSPS) is 18.6. The van der Waals surface area contributed by atoms with Crippen LogP contribution in [0, 0.1) is 15.5 Å². The second-order valence-electron chi connectivity index (χ2n) is 19.0. The van der Waals surface area contributed by atoms with Crippen LogP contribution in [0.3, 0.4) is 0 Å². The molecular weight excluding hydrogens is 929 g/mol. The largest absolute Gasteiger partial charge is 0.383 e. The average Bonchev–Trinajstić information content (AvgIpc) is 3.77.